The molecule has 2 aromatic heterocycles. The van der Waals surface area contributed by atoms with Gasteiger partial charge in [-0.3, -0.25) is 0 Å². The summed E-state index contributed by atoms with van der Waals surface area (Å²) in [6.07, 6.45) is 1.64. The minimum atomic E-state index is 0.591. The van der Waals surface area contributed by atoms with E-state index in [-0.39, 0.29) is 0 Å². The molecule has 16 heavy (non-hydrogen) atoms. The minimum absolute atomic E-state index is 0.591. The largest absolute Gasteiger partial charge is 0.397 e. The maximum Gasteiger partial charge on any atom is 0.133 e. The van der Waals surface area contributed by atoms with Crippen molar-refractivity contribution in [3.05, 3.63) is 35.3 Å². The predicted molar refractivity (Wildman–Crippen MR) is 62.0 cm³/mol. The van der Waals surface area contributed by atoms with Gasteiger partial charge in [0.15, 0.2) is 0 Å². The number of nitrogens with one attached hydrogen (secondary N) is 1. The van der Waals surface area contributed by atoms with Crippen molar-refractivity contribution in [2.45, 2.75) is 20.4 Å². The van der Waals surface area contributed by atoms with Crippen LogP contribution >= 0.6 is 0 Å². The standard InChI is InChI=1S/C11H14N4O/c1-7-3-11(14-6-10(7)12)13-5-9-4-8(2)16-15-9/h3-4,6H,5,12H2,1-2H3,(H,13,14). The van der Waals surface area contributed by atoms with Crippen LogP contribution in [0.2, 0.25) is 0 Å². The monoisotopic (exact) mass is 218 g/mol. The molecule has 0 aromatic carbocycles. The number of aromatic nitrogens is 2. The maximum atomic E-state index is 5.68. The zero-order valence-electron chi connectivity index (χ0n) is 9.32. The number of aryl methyl sites for hydroxylation is 2. The number of rotatable bonds is 3. The van der Waals surface area contributed by atoms with Crippen LogP contribution in [0.25, 0.3) is 0 Å². The molecule has 2 heterocycles. The smallest absolute Gasteiger partial charge is 0.133 e. The third-order valence-electron chi connectivity index (χ3n) is 2.28. The van der Waals surface area contributed by atoms with Gasteiger partial charge in [0.2, 0.25) is 0 Å². The van der Waals surface area contributed by atoms with Gasteiger partial charge in [-0.15, -0.1) is 0 Å². The summed E-state index contributed by atoms with van der Waals surface area (Å²) in [6.45, 7) is 4.40. The molecule has 3 N–H and O–H groups in total. The van der Waals surface area contributed by atoms with E-state index in [4.69, 9.17) is 10.3 Å². The van der Waals surface area contributed by atoms with Gasteiger partial charge in [0, 0.05) is 6.07 Å². The van der Waals surface area contributed by atoms with E-state index in [1.807, 2.05) is 26.0 Å². The zero-order chi connectivity index (χ0) is 11.5. The van der Waals surface area contributed by atoms with Crippen LogP contribution in [0.1, 0.15) is 17.0 Å². The molecule has 0 fully saturated rings. The van der Waals surface area contributed by atoms with E-state index in [9.17, 15) is 0 Å². The molecule has 0 bridgehead atoms. The number of hydrogen-bond acceptors (Lipinski definition) is 5. The Balaban J connectivity index is 2.02. The summed E-state index contributed by atoms with van der Waals surface area (Å²) >= 11 is 0. The highest BCUT2D eigenvalue weighted by atomic mass is 16.5. The van der Waals surface area contributed by atoms with E-state index < -0.39 is 0 Å². The molecule has 0 atom stereocenters. The normalized spacial score (nSPS) is 10.4. The van der Waals surface area contributed by atoms with Crippen LogP contribution in [0.4, 0.5) is 11.5 Å². The van der Waals surface area contributed by atoms with Gasteiger partial charge in [-0.2, -0.15) is 0 Å². The quantitative estimate of drug-likeness (QED) is 0.822. The van der Waals surface area contributed by atoms with Gasteiger partial charge >= 0.3 is 0 Å². The number of nitrogens with two attached hydrogens (primary N) is 1. The molecule has 0 saturated heterocycles. The van der Waals surface area contributed by atoms with Crippen LogP contribution in [0.3, 0.4) is 0 Å². The first kappa shape index (κ1) is 10.5. The first-order chi connectivity index (χ1) is 7.65. The molecule has 0 aliphatic rings. The summed E-state index contributed by atoms with van der Waals surface area (Å²) in [5.74, 6) is 1.59. The SMILES string of the molecule is Cc1cc(CNc2cc(C)c(N)cn2)no1. The van der Waals surface area contributed by atoms with Gasteiger partial charge in [0.1, 0.15) is 17.3 Å². The molecule has 5 nitrogen and oxygen atoms in total. The lowest BCUT2D eigenvalue weighted by molar-refractivity contribution is 0.391. The highest BCUT2D eigenvalue weighted by Gasteiger charge is 2.01. The highest BCUT2D eigenvalue weighted by Crippen LogP contribution is 2.13. The Labute approximate surface area is 93.7 Å². The Morgan fingerprint density at radius 1 is 1.38 bits per heavy atom. The second-order valence-corrected chi connectivity index (χ2v) is 3.71. The van der Waals surface area contributed by atoms with E-state index in [0.717, 1.165) is 22.8 Å². The topological polar surface area (TPSA) is 77.0 Å². The molecule has 5 heteroatoms. The molecule has 0 spiro atoms. The summed E-state index contributed by atoms with van der Waals surface area (Å²) < 4.78 is 4.97. The second kappa shape index (κ2) is 4.22. The minimum Gasteiger partial charge on any atom is -0.397 e. The summed E-state index contributed by atoms with van der Waals surface area (Å²) in [6, 6.07) is 3.79. The summed E-state index contributed by atoms with van der Waals surface area (Å²) in [5.41, 5.74) is 8.24. The Morgan fingerprint density at radius 3 is 2.81 bits per heavy atom. The first-order valence-corrected chi connectivity index (χ1v) is 5.03. The molecule has 0 radical (unpaired) electrons. The fourth-order valence-electron chi connectivity index (χ4n) is 1.35. The average molecular weight is 218 g/mol. The van der Waals surface area contributed by atoms with Gasteiger partial charge < -0.3 is 15.6 Å². The van der Waals surface area contributed by atoms with E-state index in [1.165, 1.54) is 0 Å². The Hall–Kier alpha value is -2.04. The number of anilines is 2. The molecule has 2 rings (SSSR count). The van der Waals surface area contributed by atoms with Crippen molar-refractivity contribution < 1.29 is 4.52 Å². The molecule has 2 aromatic rings. The van der Waals surface area contributed by atoms with Crippen molar-refractivity contribution in [3.8, 4) is 0 Å². The predicted octanol–water partition coefficient (Wildman–Crippen LogP) is 1.88. The van der Waals surface area contributed by atoms with Gasteiger partial charge in [-0.1, -0.05) is 5.16 Å². The van der Waals surface area contributed by atoms with Crippen molar-refractivity contribution in [2.24, 2.45) is 0 Å². The molecular weight excluding hydrogens is 204 g/mol. The summed E-state index contributed by atoms with van der Waals surface area (Å²) in [5, 5.41) is 7.03. The van der Waals surface area contributed by atoms with Crippen LogP contribution in [-0.2, 0) is 6.54 Å². The van der Waals surface area contributed by atoms with E-state index >= 15 is 0 Å². The maximum absolute atomic E-state index is 5.68. The van der Waals surface area contributed by atoms with E-state index in [1.54, 1.807) is 6.20 Å². The lowest BCUT2D eigenvalue weighted by atomic mass is 10.2. The Bertz CT molecular complexity index is 492. The first-order valence-electron chi connectivity index (χ1n) is 5.03. The lowest BCUT2D eigenvalue weighted by Gasteiger charge is -2.05. The van der Waals surface area contributed by atoms with Crippen LogP contribution in [-0.4, -0.2) is 10.1 Å². The summed E-state index contributed by atoms with van der Waals surface area (Å²) in [4.78, 5) is 4.17. The Kier molecular flexibility index (Phi) is 2.76. The van der Waals surface area contributed by atoms with Crippen molar-refractivity contribution >= 4 is 11.5 Å². The van der Waals surface area contributed by atoms with Crippen molar-refractivity contribution in [2.75, 3.05) is 11.1 Å². The third kappa shape index (κ3) is 2.31. The van der Waals surface area contributed by atoms with Crippen LogP contribution in [0.15, 0.2) is 22.9 Å². The molecule has 0 amide bonds. The number of hydrogen-bond donors (Lipinski definition) is 2. The number of pyridine rings is 1. The van der Waals surface area contributed by atoms with Gasteiger partial charge in [0.25, 0.3) is 0 Å². The molecular formula is C11H14N4O. The molecule has 0 saturated carbocycles. The number of nitrogens with zero attached hydrogens (tertiary/aromatic N) is 2. The van der Waals surface area contributed by atoms with Crippen molar-refractivity contribution in [1.29, 1.82) is 0 Å². The fraction of sp³-hybridized carbons (Fsp3) is 0.273. The van der Waals surface area contributed by atoms with Crippen molar-refractivity contribution in [3.63, 3.8) is 0 Å². The Morgan fingerprint density at radius 2 is 2.19 bits per heavy atom. The van der Waals surface area contributed by atoms with Crippen molar-refractivity contribution in [1.82, 2.24) is 10.1 Å². The number of nitrogen functional groups attached to an aromatic ring is 1. The summed E-state index contributed by atoms with van der Waals surface area (Å²) in [7, 11) is 0. The second-order valence-electron chi connectivity index (χ2n) is 3.71. The average Bonchev–Trinajstić information content (AvgIpc) is 2.66. The van der Waals surface area contributed by atoms with Gasteiger partial charge in [-0.05, 0) is 25.5 Å². The van der Waals surface area contributed by atoms with E-state index in [2.05, 4.69) is 15.5 Å². The third-order valence-corrected chi connectivity index (χ3v) is 2.28. The van der Waals surface area contributed by atoms with Crippen LogP contribution < -0.4 is 11.1 Å². The molecule has 0 unspecified atom stereocenters. The molecule has 0 aliphatic heterocycles. The lowest BCUT2D eigenvalue weighted by Crippen LogP contribution is -2.02. The molecule has 0 aliphatic carbocycles. The van der Waals surface area contributed by atoms with Crippen LogP contribution in [0.5, 0.6) is 0 Å². The van der Waals surface area contributed by atoms with Gasteiger partial charge in [0.05, 0.1) is 18.4 Å². The van der Waals surface area contributed by atoms with Gasteiger partial charge in [-0.25, -0.2) is 4.98 Å². The fourth-order valence-corrected chi connectivity index (χ4v) is 1.35. The zero-order valence-corrected chi connectivity index (χ0v) is 9.32. The molecule has 84 valence electrons. The van der Waals surface area contributed by atoms with Crippen LogP contribution in [0, 0.1) is 13.8 Å². The highest BCUT2D eigenvalue weighted by molar-refractivity contribution is 5.50. The van der Waals surface area contributed by atoms with E-state index in [0.29, 0.717) is 12.2 Å².